The maximum Gasteiger partial charge on any atom is 0.160 e. The van der Waals surface area contributed by atoms with Gasteiger partial charge in [-0.15, -0.1) is 0 Å². The first-order valence-corrected chi connectivity index (χ1v) is 4.65. The molecular weight excluding hydrogens is 156 g/mol. The molecule has 0 aliphatic rings. The third-order valence-electron chi connectivity index (χ3n) is 1.64. The zero-order valence-electron chi connectivity index (χ0n) is 8.25. The van der Waals surface area contributed by atoms with Gasteiger partial charge in [0.25, 0.3) is 0 Å². The lowest BCUT2D eigenvalue weighted by molar-refractivity contribution is -0.152. The fourth-order valence-electron chi connectivity index (χ4n) is 0.945. The van der Waals surface area contributed by atoms with E-state index in [-0.39, 0.29) is 12.4 Å². The van der Waals surface area contributed by atoms with Crippen molar-refractivity contribution >= 4 is 0 Å². The van der Waals surface area contributed by atoms with Gasteiger partial charge < -0.3 is 14.6 Å². The molecule has 0 aromatic heterocycles. The van der Waals surface area contributed by atoms with Crippen molar-refractivity contribution in [1.82, 2.24) is 0 Å². The van der Waals surface area contributed by atoms with Crippen LogP contribution in [0.4, 0.5) is 0 Å². The summed E-state index contributed by atoms with van der Waals surface area (Å²) in [6, 6.07) is 0. The average Bonchev–Trinajstić information content (AvgIpc) is 2.05. The van der Waals surface area contributed by atoms with Crippen molar-refractivity contribution in [1.29, 1.82) is 0 Å². The highest BCUT2D eigenvalue weighted by atomic mass is 16.7. The minimum Gasteiger partial charge on any atom is -0.393 e. The van der Waals surface area contributed by atoms with E-state index in [4.69, 9.17) is 9.47 Å². The predicted octanol–water partition coefficient (Wildman–Crippen LogP) is 1.55. The molecule has 0 aliphatic carbocycles. The first-order chi connectivity index (χ1) is 5.74. The van der Waals surface area contributed by atoms with Crippen molar-refractivity contribution in [3.05, 3.63) is 0 Å². The molecule has 0 aromatic rings. The third kappa shape index (κ3) is 5.52. The zero-order chi connectivity index (χ0) is 9.40. The van der Waals surface area contributed by atoms with Crippen LogP contribution in [0.2, 0.25) is 0 Å². The van der Waals surface area contributed by atoms with Crippen molar-refractivity contribution in [2.75, 3.05) is 13.2 Å². The van der Waals surface area contributed by atoms with E-state index in [0.717, 1.165) is 6.42 Å². The standard InChI is InChI=1S/C9H20O3/c1-4-8(10)7-9(11-5-2)12-6-3/h8-10H,4-7H2,1-3H3. The van der Waals surface area contributed by atoms with Gasteiger partial charge in [0.15, 0.2) is 6.29 Å². The van der Waals surface area contributed by atoms with Crippen molar-refractivity contribution < 1.29 is 14.6 Å². The van der Waals surface area contributed by atoms with Crippen LogP contribution in [0.5, 0.6) is 0 Å². The van der Waals surface area contributed by atoms with Crippen molar-refractivity contribution in [3.63, 3.8) is 0 Å². The van der Waals surface area contributed by atoms with Crippen LogP contribution in [0.1, 0.15) is 33.6 Å². The summed E-state index contributed by atoms with van der Waals surface area (Å²) in [4.78, 5) is 0. The van der Waals surface area contributed by atoms with Gasteiger partial charge in [-0.3, -0.25) is 0 Å². The third-order valence-corrected chi connectivity index (χ3v) is 1.64. The molecule has 0 fully saturated rings. The Morgan fingerprint density at radius 2 is 1.58 bits per heavy atom. The summed E-state index contributed by atoms with van der Waals surface area (Å²) in [6.45, 7) is 7.04. The van der Waals surface area contributed by atoms with Gasteiger partial charge in [0.1, 0.15) is 0 Å². The summed E-state index contributed by atoms with van der Waals surface area (Å²) in [7, 11) is 0. The Balaban J connectivity index is 3.61. The number of hydrogen-bond acceptors (Lipinski definition) is 3. The van der Waals surface area contributed by atoms with Gasteiger partial charge in [-0.2, -0.15) is 0 Å². The average molecular weight is 176 g/mol. The van der Waals surface area contributed by atoms with Gasteiger partial charge in [-0.05, 0) is 20.3 Å². The number of aliphatic hydroxyl groups is 1. The van der Waals surface area contributed by atoms with Crippen LogP contribution in [0.25, 0.3) is 0 Å². The Hall–Kier alpha value is -0.120. The molecule has 3 heteroatoms. The lowest BCUT2D eigenvalue weighted by Crippen LogP contribution is -2.23. The van der Waals surface area contributed by atoms with Gasteiger partial charge >= 0.3 is 0 Å². The van der Waals surface area contributed by atoms with Gasteiger partial charge in [-0.25, -0.2) is 0 Å². The largest absolute Gasteiger partial charge is 0.393 e. The van der Waals surface area contributed by atoms with E-state index >= 15 is 0 Å². The molecule has 0 bridgehead atoms. The van der Waals surface area contributed by atoms with Crippen LogP contribution in [0.15, 0.2) is 0 Å². The molecule has 0 aromatic carbocycles. The molecule has 0 radical (unpaired) electrons. The van der Waals surface area contributed by atoms with Crippen LogP contribution in [0, 0.1) is 0 Å². The second kappa shape index (κ2) is 7.53. The molecule has 74 valence electrons. The summed E-state index contributed by atoms with van der Waals surface area (Å²) in [5.41, 5.74) is 0. The van der Waals surface area contributed by atoms with Gasteiger partial charge in [0.05, 0.1) is 6.10 Å². The SMILES string of the molecule is CCOC(CC(O)CC)OCC. The van der Waals surface area contributed by atoms with Crippen molar-refractivity contribution in [3.8, 4) is 0 Å². The van der Waals surface area contributed by atoms with Crippen LogP contribution in [-0.2, 0) is 9.47 Å². The van der Waals surface area contributed by atoms with E-state index in [1.165, 1.54) is 0 Å². The van der Waals surface area contributed by atoms with Crippen LogP contribution in [0.3, 0.4) is 0 Å². The monoisotopic (exact) mass is 176 g/mol. The predicted molar refractivity (Wildman–Crippen MR) is 48.0 cm³/mol. The molecule has 0 amide bonds. The van der Waals surface area contributed by atoms with Crippen LogP contribution < -0.4 is 0 Å². The number of aliphatic hydroxyl groups excluding tert-OH is 1. The molecule has 0 spiro atoms. The normalized spacial score (nSPS) is 13.8. The number of ether oxygens (including phenoxy) is 2. The Morgan fingerprint density at radius 3 is 1.92 bits per heavy atom. The summed E-state index contributed by atoms with van der Waals surface area (Å²) >= 11 is 0. The summed E-state index contributed by atoms with van der Waals surface area (Å²) in [5, 5.41) is 9.32. The van der Waals surface area contributed by atoms with E-state index < -0.39 is 0 Å². The lowest BCUT2D eigenvalue weighted by Gasteiger charge is -2.19. The maximum absolute atomic E-state index is 9.32. The van der Waals surface area contributed by atoms with Crippen molar-refractivity contribution in [2.24, 2.45) is 0 Å². The van der Waals surface area contributed by atoms with Crippen LogP contribution >= 0.6 is 0 Å². The van der Waals surface area contributed by atoms with E-state index in [9.17, 15) is 5.11 Å². The van der Waals surface area contributed by atoms with E-state index in [1.54, 1.807) is 0 Å². The molecule has 1 atom stereocenters. The second-order valence-electron chi connectivity index (χ2n) is 2.64. The van der Waals surface area contributed by atoms with E-state index in [1.807, 2.05) is 20.8 Å². The second-order valence-corrected chi connectivity index (χ2v) is 2.64. The molecule has 1 unspecified atom stereocenters. The quantitative estimate of drug-likeness (QED) is 0.598. The highest BCUT2D eigenvalue weighted by Gasteiger charge is 2.12. The zero-order valence-corrected chi connectivity index (χ0v) is 8.25. The summed E-state index contributed by atoms with van der Waals surface area (Å²) < 4.78 is 10.5. The van der Waals surface area contributed by atoms with Crippen molar-refractivity contribution in [2.45, 2.75) is 46.0 Å². The Bertz CT molecular complexity index is 89.8. The van der Waals surface area contributed by atoms with Crippen LogP contribution in [-0.4, -0.2) is 30.7 Å². The minimum absolute atomic E-state index is 0.241. The molecule has 0 saturated carbocycles. The summed E-state index contributed by atoms with van der Waals surface area (Å²) in [5.74, 6) is 0. The van der Waals surface area contributed by atoms with Gasteiger partial charge in [0.2, 0.25) is 0 Å². The molecule has 0 saturated heterocycles. The molecule has 0 aliphatic heterocycles. The molecule has 3 nitrogen and oxygen atoms in total. The first-order valence-electron chi connectivity index (χ1n) is 4.65. The Kier molecular flexibility index (Phi) is 7.45. The number of rotatable bonds is 7. The van der Waals surface area contributed by atoms with Gasteiger partial charge in [0, 0.05) is 19.6 Å². The minimum atomic E-state index is -0.312. The first kappa shape index (κ1) is 11.9. The molecule has 0 heterocycles. The van der Waals surface area contributed by atoms with E-state index in [2.05, 4.69) is 0 Å². The van der Waals surface area contributed by atoms with E-state index in [0.29, 0.717) is 19.6 Å². The molecule has 0 rings (SSSR count). The topological polar surface area (TPSA) is 38.7 Å². The highest BCUT2D eigenvalue weighted by Crippen LogP contribution is 2.07. The molecular formula is C9H20O3. The molecule has 1 N–H and O–H groups in total. The van der Waals surface area contributed by atoms with Gasteiger partial charge in [-0.1, -0.05) is 6.92 Å². The summed E-state index contributed by atoms with van der Waals surface area (Å²) in [6.07, 6.45) is 0.762. The lowest BCUT2D eigenvalue weighted by atomic mass is 10.2. The highest BCUT2D eigenvalue weighted by molar-refractivity contribution is 4.55. The smallest absolute Gasteiger partial charge is 0.160 e. The number of hydrogen-bond donors (Lipinski definition) is 1. The Morgan fingerprint density at radius 1 is 1.08 bits per heavy atom. The molecule has 12 heavy (non-hydrogen) atoms. The fourth-order valence-corrected chi connectivity index (χ4v) is 0.945. The fraction of sp³-hybridized carbons (Fsp3) is 1.00. The Labute approximate surface area is 74.7 Å². The maximum atomic E-state index is 9.32.